The predicted octanol–water partition coefficient (Wildman–Crippen LogP) is 35.5. The molecule has 9 fully saturated rings. The summed E-state index contributed by atoms with van der Waals surface area (Å²) in [6.45, 7) is 49.0. The molecule has 806 valence electrons. The molecule has 0 spiro atoms. The third-order valence-electron chi connectivity index (χ3n) is 32.5. The maximum Gasteiger partial charge on any atom is 0.119 e. The zero-order chi connectivity index (χ0) is 101. The Kier molecular flexibility index (Phi) is 58.1. The monoisotopic (exact) mass is 1980 g/mol. The van der Waals surface area contributed by atoms with Crippen molar-refractivity contribution in [3.63, 3.8) is 0 Å². The van der Waals surface area contributed by atoms with Crippen LogP contribution in [0.5, 0.6) is 23.0 Å². The van der Waals surface area contributed by atoms with Crippen LogP contribution in [0.2, 0.25) is 0 Å². The van der Waals surface area contributed by atoms with Gasteiger partial charge >= 0.3 is 0 Å². The first-order valence-corrected chi connectivity index (χ1v) is 59.7. The van der Waals surface area contributed by atoms with Crippen molar-refractivity contribution < 1.29 is 19.3 Å². The standard InChI is InChI=1S/C28H48N2O.C24H39NO.C23H38N2O.C18H29N.C17H27NO.C13H19N.C8H10.CH4/c1-23(2)14-18-29-19-16-27(17-20-29)30(21-15-24(3)4)26-10-12-28(13-11-26)31-22-25-8-6-5-7-9-25;1-20(2)17-18-25(22-11-7-4-8-12-22)23-13-15-24(16-14-23)26-19-21-9-5-3-6-10-21;1-19(2)14-17-25(22-12-15-24-16-13-22)21-8-10-23(11-9-21)26-18-20-6-4-3-5-7-20;1-15(2)13-14-19(17-7-5-4-6-8-17)18-11-9-16(3)10-12-18;1-14(2)12-13-18(15-6-4-3-5-7-15)16-8-10-17(19)11-9-16;1-11-7-9-13(10-8-11)14-12-5-3-2-4-6-12;1-2-8-6-4-3-5-7-8;/h10-13,23-25,27H,5-9,14-22H2,1-4H3;13-16,20-22H,3-12,17-19H2,1-2H3;8-11,19-20,22,24H,3-7,12-18H2,1-2H3;9-12,15,17H,4-8,13-14H2,1-3H3;8-11,14-15,19H,3-7,12-13H2,1-2H3;7-10,12,14H,2-6H2,1H3;3-7H,2H2,1H3;1H4. The van der Waals surface area contributed by atoms with Gasteiger partial charge in [-0.2, -0.15) is 0 Å². The number of nitrogens with one attached hydrogen (secondary N) is 2. The van der Waals surface area contributed by atoms with E-state index in [2.05, 4.69) is 302 Å². The number of aryl methyl sites for hydroxylation is 3. The van der Waals surface area contributed by atoms with E-state index in [1.807, 2.05) is 6.07 Å². The van der Waals surface area contributed by atoms with Crippen LogP contribution in [-0.2, 0) is 6.42 Å². The van der Waals surface area contributed by atoms with Gasteiger partial charge in [0.15, 0.2) is 0 Å². The first-order valence-electron chi connectivity index (χ1n) is 59.7. The van der Waals surface area contributed by atoms with Crippen LogP contribution in [0.1, 0.15) is 403 Å². The van der Waals surface area contributed by atoms with Gasteiger partial charge in [-0.05, 0) is 374 Å². The van der Waals surface area contributed by atoms with Crippen LogP contribution < -0.4 is 49.3 Å². The molecule has 3 N–H and O–H groups in total. The lowest BCUT2D eigenvalue weighted by Crippen LogP contribution is -2.46. The number of piperidine rings is 2. The highest BCUT2D eigenvalue weighted by Crippen LogP contribution is 2.38. The Morgan fingerprint density at radius 1 is 0.306 bits per heavy atom. The van der Waals surface area contributed by atoms with Crippen molar-refractivity contribution in [2.75, 3.05) is 115 Å². The summed E-state index contributed by atoms with van der Waals surface area (Å²) in [5, 5.41) is 16.6. The Labute approximate surface area is 884 Å². The number of hydrogen-bond acceptors (Lipinski definition) is 12. The smallest absolute Gasteiger partial charge is 0.119 e. The fourth-order valence-corrected chi connectivity index (χ4v) is 22.9. The van der Waals surface area contributed by atoms with E-state index in [0.29, 0.717) is 29.9 Å². The number of ether oxygens (including phenoxy) is 3. The molecule has 12 nitrogen and oxygen atoms in total. The highest BCUT2D eigenvalue weighted by atomic mass is 16.5. The van der Waals surface area contributed by atoms with E-state index in [0.717, 1.165) is 142 Å². The largest absolute Gasteiger partial charge is 0.508 e. The molecule has 7 aliphatic carbocycles. The van der Waals surface area contributed by atoms with E-state index in [9.17, 15) is 5.11 Å². The lowest BCUT2D eigenvalue weighted by molar-refractivity contribution is 0.198. The fraction of sp³-hybridized carbons (Fsp3) is 0.682. The summed E-state index contributed by atoms with van der Waals surface area (Å²) in [7, 11) is 0. The Bertz CT molecular complexity index is 4080. The Morgan fingerprint density at radius 2 is 0.569 bits per heavy atom. The number of phenols is 1. The molecule has 0 aromatic heterocycles. The van der Waals surface area contributed by atoms with Crippen molar-refractivity contribution in [3.05, 3.63) is 193 Å². The number of rotatable bonds is 40. The SMILES string of the molecule is C.CC(C)CCN(c1ccc(O)cc1)C1CCCCC1.CC(C)CCN(c1ccc(OCC2CCCCC2)cc1)C1CCCCC1.CC(C)CCN(c1ccc(OCC2CCCCC2)cc1)C1CCNCC1.CC(C)CCN1CCC(N(CCC(C)C)c2ccc(OCC3CCCCC3)cc2)CC1.CCc1ccccc1.Cc1ccc(N(CCC(C)C)C2CCCCC2)cc1.Cc1ccc(NC2CCCCC2)cc1. The number of hydrogen-bond donors (Lipinski definition) is 3. The summed E-state index contributed by atoms with van der Waals surface area (Å²) < 4.78 is 18.4. The van der Waals surface area contributed by atoms with Crippen molar-refractivity contribution in [1.82, 2.24) is 10.2 Å². The molecule has 144 heavy (non-hydrogen) atoms. The quantitative estimate of drug-likeness (QED) is 0.0342. The Balaban J connectivity index is 0.000000192. The van der Waals surface area contributed by atoms with Gasteiger partial charge in [-0.25, -0.2) is 0 Å². The van der Waals surface area contributed by atoms with E-state index in [-0.39, 0.29) is 7.43 Å². The molecule has 7 saturated carbocycles. The second kappa shape index (κ2) is 69.7. The van der Waals surface area contributed by atoms with Crippen molar-refractivity contribution in [3.8, 4) is 23.0 Å². The molecule has 2 saturated heterocycles. The highest BCUT2D eigenvalue weighted by molar-refractivity contribution is 5.54. The summed E-state index contributed by atoms with van der Waals surface area (Å²) >= 11 is 0. The maximum absolute atomic E-state index is 9.45. The third-order valence-corrected chi connectivity index (χ3v) is 32.5. The van der Waals surface area contributed by atoms with Gasteiger partial charge in [0.2, 0.25) is 0 Å². The zero-order valence-corrected chi connectivity index (χ0v) is 94.0. The second-order valence-corrected chi connectivity index (χ2v) is 47.5. The molecule has 9 aliphatic rings. The first kappa shape index (κ1) is 120. The summed E-state index contributed by atoms with van der Waals surface area (Å²) in [5.74, 6) is 10.4. The van der Waals surface area contributed by atoms with E-state index in [4.69, 9.17) is 14.2 Å². The molecule has 16 rings (SSSR count). The van der Waals surface area contributed by atoms with Gasteiger partial charge in [-0.3, -0.25) is 0 Å². The molecule has 7 aromatic rings. The predicted molar refractivity (Wildman–Crippen MR) is 628 cm³/mol. The van der Waals surface area contributed by atoms with Crippen LogP contribution in [0.25, 0.3) is 0 Å². The lowest BCUT2D eigenvalue weighted by atomic mass is 9.90. The highest BCUT2D eigenvalue weighted by Gasteiger charge is 2.30. The van der Waals surface area contributed by atoms with E-state index < -0.39 is 0 Å². The minimum absolute atomic E-state index is 0. The van der Waals surface area contributed by atoms with Crippen LogP contribution in [0.3, 0.4) is 0 Å². The van der Waals surface area contributed by atoms with Crippen LogP contribution >= 0.6 is 0 Å². The van der Waals surface area contributed by atoms with Gasteiger partial charge < -0.3 is 59.4 Å². The molecule has 0 unspecified atom stereocenters. The van der Waals surface area contributed by atoms with Gasteiger partial charge in [0.1, 0.15) is 23.0 Å². The van der Waals surface area contributed by atoms with Crippen LogP contribution in [0, 0.1) is 67.1 Å². The number of aromatic hydroxyl groups is 1. The molecule has 0 amide bonds. The van der Waals surface area contributed by atoms with Gasteiger partial charge in [-0.1, -0.05) is 298 Å². The second-order valence-electron chi connectivity index (χ2n) is 47.5. The molecule has 0 radical (unpaired) electrons. The van der Waals surface area contributed by atoms with Crippen LogP contribution in [0.4, 0.5) is 34.1 Å². The molecule has 0 atom stereocenters. The first-order chi connectivity index (χ1) is 69.6. The Hall–Kier alpha value is -7.54. The molecular formula is C132H214N8O4. The minimum atomic E-state index is 0. The number of phenolic OH excluding ortho intramolecular Hbond substituents is 1. The van der Waals surface area contributed by atoms with Gasteiger partial charge in [-0.15, -0.1) is 0 Å². The molecule has 2 aliphatic heterocycles. The van der Waals surface area contributed by atoms with Crippen LogP contribution in [-0.4, -0.2) is 132 Å². The van der Waals surface area contributed by atoms with Crippen molar-refractivity contribution >= 4 is 34.1 Å². The summed E-state index contributed by atoms with van der Waals surface area (Å²) in [6, 6.07) is 67.2. The van der Waals surface area contributed by atoms with Gasteiger partial charge in [0.05, 0.1) is 19.8 Å². The minimum Gasteiger partial charge on any atom is -0.508 e. The van der Waals surface area contributed by atoms with E-state index in [1.165, 1.54) is 372 Å². The van der Waals surface area contributed by atoms with Crippen molar-refractivity contribution in [2.24, 2.45) is 53.3 Å². The van der Waals surface area contributed by atoms with Crippen LogP contribution in [0.15, 0.2) is 176 Å². The number of benzene rings is 7. The third kappa shape index (κ3) is 47.1. The normalized spacial score (nSPS) is 18.0. The summed E-state index contributed by atoms with van der Waals surface area (Å²) in [4.78, 5) is 16.0. The van der Waals surface area contributed by atoms with E-state index >= 15 is 0 Å². The fourth-order valence-electron chi connectivity index (χ4n) is 22.9. The van der Waals surface area contributed by atoms with Gasteiger partial charge in [0, 0.05) is 116 Å². The molecule has 7 aromatic carbocycles. The number of likely N-dealkylation sites (tertiary alicyclic amines) is 1. The van der Waals surface area contributed by atoms with Gasteiger partial charge in [0.25, 0.3) is 0 Å². The zero-order valence-electron chi connectivity index (χ0n) is 94.0. The Morgan fingerprint density at radius 3 is 0.861 bits per heavy atom. The molecular weight excluding hydrogens is 1760 g/mol. The number of nitrogens with zero attached hydrogens (tertiary/aromatic N) is 6. The molecule has 12 heteroatoms. The number of anilines is 6. The van der Waals surface area contributed by atoms with E-state index in [1.54, 1.807) is 12.1 Å². The summed E-state index contributed by atoms with van der Waals surface area (Å²) in [5.41, 5.74) is 12.2. The molecule has 2 heterocycles. The topological polar surface area (TPSA) is 91.4 Å². The maximum atomic E-state index is 9.45. The average Bonchev–Trinajstić information content (AvgIpc) is 0.812. The average molecular weight is 1980 g/mol. The van der Waals surface area contributed by atoms with Crippen molar-refractivity contribution in [2.45, 2.75) is 443 Å². The summed E-state index contributed by atoms with van der Waals surface area (Å²) in [6.07, 6.45) is 62.1. The lowest BCUT2D eigenvalue weighted by Gasteiger charge is -2.40. The van der Waals surface area contributed by atoms with Crippen molar-refractivity contribution in [1.29, 1.82) is 0 Å². The molecule has 0 bridgehead atoms.